The SMILES string of the molecule is FN(F)c1c2ccccc2c(N(F)F)c2ccccc12. The number of hydrogen-bond donors (Lipinski definition) is 0. The van der Waals surface area contributed by atoms with Crippen molar-refractivity contribution in [3.63, 3.8) is 0 Å². The minimum Gasteiger partial charge on any atom is -0.0666 e. The number of fused-ring (bicyclic) bond motifs is 2. The molecule has 6 heteroatoms. The summed E-state index contributed by atoms with van der Waals surface area (Å²) in [5.74, 6) is 0. The van der Waals surface area contributed by atoms with Gasteiger partial charge in [0, 0.05) is 21.5 Å². The first-order chi connectivity index (χ1) is 9.61. The van der Waals surface area contributed by atoms with E-state index in [1.54, 1.807) is 0 Å². The molecule has 0 saturated carbocycles. The molecule has 0 bridgehead atoms. The zero-order valence-electron chi connectivity index (χ0n) is 10.0. The second kappa shape index (κ2) is 4.56. The topological polar surface area (TPSA) is 6.48 Å². The Morgan fingerprint density at radius 2 is 0.750 bits per heavy atom. The summed E-state index contributed by atoms with van der Waals surface area (Å²) >= 11 is 0. The summed E-state index contributed by atoms with van der Waals surface area (Å²) in [6.07, 6.45) is 0. The summed E-state index contributed by atoms with van der Waals surface area (Å²) in [4.78, 5) is 0. The van der Waals surface area contributed by atoms with E-state index in [-0.39, 0.29) is 32.9 Å². The Hall–Kier alpha value is -2.50. The molecule has 0 aliphatic rings. The lowest BCUT2D eigenvalue weighted by Gasteiger charge is -2.16. The van der Waals surface area contributed by atoms with Crippen LogP contribution < -0.4 is 10.7 Å². The number of nitrogens with zero attached hydrogens (tertiary/aromatic N) is 2. The number of rotatable bonds is 2. The fourth-order valence-electron chi connectivity index (χ4n) is 2.45. The molecular weight excluding hydrogens is 272 g/mol. The van der Waals surface area contributed by atoms with Gasteiger partial charge in [-0.25, -0.2) is 0 Å². The summed E-state index contributed by atoms with van der Waals surface area (Å²) in [7, 11) is 0. The minimum absolute atomic E-state index is 0.0755. The van der Waals surface area contributed by atoms with Gasteiger partial charge in [-0.2, -0.15) is 0 Å². The van der Waals surface area contributed by atoms with Crippen molar-refractivity contribution in [1.82, 2.24) is 0 Å². The molecule has 3 aromatic carbocycles. The molecule has 0 radical (unpaired) electrons. The number of benzene rings is 3. The fourth-order valence-corrected chi connectivity index (χ4v) is 2.45. The van der Waals surface area contributed by atoms with Crippen molar-refractivity contribution in [2.75, 3.05) is 10.7 Å². The Kier molecular flexibility index (Phi) is 2.85. The molecule has 0 heterocycles. The van der Waals surface area contributed by atoms with Crippen LogP contribution in [0.15, 0.2) is 48.5 Å². The quantitative estimate of drug-likeness (QED) is 0.277. The third-order valence-electron chi connectivity index (χ3n) is 3.21. The Morgan fingerprint density at radius 3 is 0.950 bits per heavy atom. The first kappa shape index (κ1) is 12.5. The van der Waals surface area contributed by atoms with E-state index in [4.69, 9.17) is 0 Å². The van der Waals surface area contributed by atoms with Crippen molar-refractivity contribution < 1.29 is 17.9 Å². The summed E-state index contributed by atoms with van der Waals surface area (Å²) in [6, 6.07) is 11.7. The molecule has 0 aliphatic carbocycles. The molecule has 102 valence electrons. The summed E-state index contributed by atoms with van der Waals surface area (Å²) in [5, 5.41) is -1.76. The van der Waals surface area contributed by atoms with Gasteiger partial charge < -0.3 is 0 Å². The van der Waals surface area contributed by atoms with Crippen molar-refractivity contribution in [2.24, 2.45) is 0 Å². The van der Waals surface area contributed by atoms with E-state index < -0.39 is 10.7 Å². The number of hydrogen-bond acceptors (Lipinski definition) is 2. The molecular formula is C14H8F4N2. The second-order valence-electron chi connectivity index (χ2n) is 4.25. The van der Waals surface area contributed by atoms with Crippen LogP contribution in [0.2, 0.25) is 0 Å². The molecule has 2 nitrogen and oxygen atoms in total. The highest BCUT2D eigenvalue weighted by Crippen LogP contribution is 2.43. The lowest BCUT2D eigenvalue weighted by atomic mass is 9.99. The second-order valence-corrected chi connectivity index (χ2v) is 4.25. The van der Waals surface area contributed by atoms with E-state index in [0.717, 1.165) is 0 Å². The lowest BCUT2D eigenvalue weighted by Crippen LogP contribution is -2.03. The largest absolute Gasteiger partial charge is 0.121 e. The van der Waals surface area contributed by atoms with Crippen LogP contribution in [0.25, 0.3) is 21.5 Å². The van der Waals surface area contributed by atoms with Crippen molar-refractivity contribution in [1.29, 1.82) is 0 Å². The van der Waals surface area contributed by atoms with Crippen molar-refractivity contribution in [3.05, 3.63) is 48.5 Å². The third kappa shape index (κ3) is 1.72. The standard InChI is InChI=1S/C14H8F4N2/c15-19(16)13-9-5-1-2-6-10(9)14(20(17)18)12-8-4-3-7-11(12)13/h1-8H. The van der Waals surface area contributed by atoms with Crippen molar-refractivity contribution in [2.45, 2.75) is 0 Å². The van der Waals surface area contributed by atoms with Crippen molar-refractivity contribution in [3.8, 4) is 0 Å². The Morgan fingerprint density at radius 1 is 0.500 bits per heavy atom. The van der Waals surface area contributed by atoms with Gasteiger partial charge in [0.25, 0.3) is 0 Å². The minimum atomic E-state index is -1.03. The molecule has 0 saturated heterocycles. The van der Waals surface area contributed by atoms with Gasteiger partial charge in [-0.15, -0.1) is 0 Å². The molecule has 20 heavy (non-hydrogen) atoms. The molecule has 0 atom stereocenters. The van der Waals surface area contributed by atoms with Gasteiger partial charge in [0.2, 0.25) is 0 Å². The van der Waals surface area contributed by atoms with Crippen LogP contribution in [-0.4, -0.2) is 0 Å². The van der Waals surface area contributed by atoms with Crippen molar-refractivity contribution >= 4 is 32.9 Å². The molecule has 0 unspecified atom stereocenters. The van der Waals surface area contributed by atoms with Gasteiger partial charge in [-0.1, -0.05) is 66.5 Å². The van der Waals surface area contributed by atoms with Crippen LogP contribution in [0.5, 0.6) is 0 Å². The molecule has 3 aromatic rings. The van der Waals surface area contributed by atoms with E-state index in [9.17, 15) is 17.9 Å². The summed E-state index contributed by atoms with van der Waals surface area (Å²) < 4.78 is 52.8. The van der Waals surface area contributed by atoms with Gasteiger partial charge in [-0.3, -0.25) is 0 Å². The van der Waals surface area contributed by atoms with E-state index >= 15 is 0 Å². The average molecular weight is 280 g/mol. The van der Waals surface area contributed by atoms with E-state index in [0.29, 0.717) is 0 Å². The maximum atomic E-state index is 13.2. The normalized spacial score (nSPS) is 11.0. The number of halogens is 4. The van der Waals surface area contributed by atoms with Crippen LogP contribution in [0.4, 0.5) is 29.3 Å². The highest BCUT2D eigenvalue weighted by molar-refractivity contribution is 6.19. The first-order valence-corrected chi connectivity index (χ1v) is 5.78. The fraction of sp³-hybridized carbons (Fsp3) is 0. The molecule has 0 fully saturated rings. The van der Waals surface area contributed by atoms with E-state index in [1.807, 2.05) is 0 Å². The molecule has 0 spiro atoms. The summed E-state index contributed by atoms with van der Waals surface area (Å²) in [5.41, 5.74) is -0.747. The molecule has 0 aromatic heterocycles. The van der Waals surface area contributed by atoms with E-state index in [1.165, 1.54) is 48.5 Å². The monoisotopic (exact) mass is 280 g/mol. The predicted octanol–water partition coefficient (Wildman–Crippen LogP) is 5.14. The predicted molar refractivity (Wildman–Crippen MR) is 70.8 cm³/mol. The molecule has 3 rings (SSSR count). The van der Waals surface area contributed by atoms with Gasteiger partial charge in [0.15, 0.2) is 0 Å². The highest BCUT2D eigenvalue weighted by Gasteiger charge is 2.21. The molecule has 0 N–H and O–H groups in total. The van der Waals surface area contributed by atoms with Gasteiger partial charge in [-0.05, 0) is 10.7 Å². The smallest absolute Gasteiger partial charge is 0.0666 e. The Labute approximate surface area is 111 Å². The zero-order chi connectivity index (χ0) is 14.3. The average Bonchev–Trinajstić information content (AvgIpc) is 2.43. The molecule has 0 amide bonds. The number of anilines is 2. The van der Waals surface area contributed by atoms with Crippen LogP contribution in [0, 0.1) is 0 Å². The van der Waals surface area contributed by atoms with Crippen LogP contribution >= 0.6 is 0 Å². The van der Waals surface area contributed by atoms with Crippen LogP contribution in [-0.2, 0) is 0 Å². The Bertz CT molecular complexity index is 664. The van der Waals surface area contributed by atoms with Gasteiger partial charge in [0.1, 0.15) is 11.4 Å². The van der Waals surface area contributed by atoms with Crippen LogP contribution in [0.3, 0.4) is 0 Å². The summed E-state index contributed by atoms with van der Waals surface area (Å²) in [6.45, 7) is 0. The Balaban J connectivity index is 2.62. The maximum Gasteiger partial charge on any atom is 0.121 e. The third-order valence-corrected chi connectivity index (χ3v) is 3.21. The first-order valence-electron chi connectivity index (χ1n) is 5.78. The highest BCUT2D eigenvalue weighted by atomic mass is 19.4. The van der Waals surface area contributed by atoms with Gasteiger partial charge in [0.05, 0.1) is 0 Å². The zero-order valence-corrected chi connectivity index (χ0v) is 10.0. The lowest BCUT2D eigenvalue weighted by molar-refractivity contribution is 0.235. The van der Waals surface area contributed by atoms with E-state index in [2.05, 4.69) is 0 Å². The van der Waals surface area contributed by atoms with Crippen LogP contribution in [0.1, 0.15) is 0 Å². The van der Waals surface area contributed by atoms with Gasteiger partial charge >= 0.3 is 0 Å². The maximum absolute atomic E-state index is 13.2. The molecule has 0 aliphatic heterocycles.